The molecule has 0 spiro atoms. The SMILES string of the molecule is COc1ccc(OC)c(NC(=O)C[NH+]2CCN(S(=O)(=O)c3ccccc3)CC2)c1. The van der Waals surface area contributed by atoms with E-state index < -0.39 is 10.0 Å². The predicted octanol–water partition coefficient (Wildman–Crippen LogP) is 0.232. The van der Waals surface area contributed by atoms with E-state index in [4.69, 9.17) is 9.47 Å². The lowest BCUT2D eigenvalue weighted by molar-refractivity contribution is -0.895. The van der Waals surface area contributed by atoms with Crippen LogP contribution in [0.15, 0.2) is 53.4 Å². The normalized spacial score (nSPS) is 15.7. The maximum absolute atomic E-state index is 12.7. The third-order valence-corrected chi connectivity index (χ3v) is 6.81. The van der Waals surface area contributed by atoms with Gasteiger partial charge in [-0.3, -0.25) is 4.79 Å². The molecule has 1 amide bonds. The molecule has 1 heterocycles. The van der Waals surface area contributed by atoms with Gasteiger partial charge in [-0.1, -0.05) is 18.2 Å². The van der Waals surface area contributed by atoms with Crippen molar-refractivity contribution in [1.29, 1.82) is 0 Å². The monoisotopic (exact) mass is 420 g/mol. The van der Waals surface area contributed by atoms with Gasteiger partial charge < -0.3 is 19.7 Å². The summed E-state index contributed by atoms with van der Waals surface area (Å²) in [4.78, 5) is 13.8. The zero-order valence-corrected chi connectivity index (χ0v) is 17.4. The Morgan fingerprint density at radius 1 is 1.07 bits per heavy atom. The van der Waals surface area contributed by atoms with Crippen LogP contribution in [0.1, 0.15) is 0 Å². The van der Waals surface area contributed by atoms with E-state index in [1.165, 1.54) is 11.4 Å². The summed E-state index contributed by atoms with van der Waals surface area (Å²) in [5.41, 5.74) is 0.543. The number of anilines is 1. The maximum Gasteiger partial charge on any atom is 0.279 e. The van der Waals surface area contributed by atoms with Gasteiger partial charge in [0.1, 0.15) is 11.5 Å². The second kappa shape index (κ2) is 9.25. The highest BCUT2D eigenvalue weighted by Gasteiger charge is 2.31. The number of hydrogen-bond acceptors (Lipinski definition) is 5. The largest absolute Gasteiger partial charge is 0.497 e. The van der Waals surface area contributed by atoms with Crippen LogP contribution < -0.4 is 19.7 Å². The highest BCUT2D eigenvalue weighted by Crippen LogP contribution is 2.28. The van der Waals surface area contributed by atoms with Crippen LogP contribution in [0.5, 0.6) is 11.5 Å². The molecule has 0 aromatic heterocycles. The van der Waals surface area contributed by atoms with E-state index in [1.807, 2.05) is 0 Å². The Morgan fingerprint density at radius 3 is 2.38 bits per heavy atom. The molecule has 0 unspecified atom stereocenters. The molecule has 156 valence electrons. The zero-order valence-electron chi connectivity index (χ0n) is 16.6. The number of benzene rings is 2. The average Bonchev–Trinajstić information content (AvgIpc) is 2.74. The molecule has 0 aliphatic carbocycles. The Kier molecular flexibility index (Phi) is 6.73. The molecule has 3 rings (SSSR count). The Bertz CT molecular complexity index is 942. The highest BCUT2D eigenvalue weighted by molar-refractivity contribution is 7.89. The number of carbonyl (C=O) groups excluding carboxylic acids is 1. The topological polar surface area (TPSA) is 89.4 Å². The molecule has 1 saturated heterocycles. The van der Waals surface area contributed by atoms with Gasteiger partial charge >= 0.3 is 0 Å². The third kappa shape index (κ3) is 5.06. The molecule has 8 nitrogen and oxygen atoms in total. The Morgan fingerprint density at radius 2 is 1.76 bits per heavy atom. The van der Waals surface area contributed by atoms with Gasteiger partial charge in [0.25, 0.3) is 5.91 Å². The Labute approximate surface area is 171 Å². The van der Waals surface area contributed by atoms with Crippen LogP contribution in [-0.2, 0) is 14.8 Å². The molecule has 2 aromatic carbocycles. The second-order valence-corrected chi connectivity index (χ2v) is 8.70. The summed E-state index contributed by atoms with van der Waals surface area (Å²) in [5.74, 6) is 1.01. The van der Waals surface area contributed by atoms with Crippen LogP contribution in [0.4, 0.5) is 5.69 Å². The molecule has 1 fully saturated rings. The molecule has 0 atom stereocenters. The summed E-state index contributed by atoms with van der Waals surface area (Å²) in [6.45, 7) is 2.13. The number of rotatable bonds is 7. The fourth-order valence-corrected chi connectivity index (χ4v) is 4.76. The summed E-state index contributed by atoms with van der Waals surface area (Å²) in [7, 11) is -0.397. The van der Waals surface area contributed by atoms with Gasteiger partial charge in [0.2, 0.25) is 10.0 Å². The Hall–Kier alpha value is -2.62. The van der Waals surface area contributed by atoms with Crippen LogP contribution in [0.25, 0.3) is 0 Å². The summed E-state index contributed by atoms with van der Waals surface area (Å²) >= 11 is 0. The van der Waals surface area contributed by atoms with Crippen molar-refractivity contribution >= 4 is 21.6 Å². The van der Waals surface area contributed by atoms with Crippen LogP contribution in [0.3, 0.4) is 0 Å². The lowest BCUT2D eigenvalue weighted by Crippen LogP contribution is -3.15. The van der Waals surface area contributed by atoms with Crippen molar-refractivity contribution < 1.29 is 27.6 Å². The van der Waals surface area contributed by atoms with E-state index >= 15 is 0 Å². The van der Waals surface area contributed by atoms with E-state index in [9.17, 15) is 13.2 Å². The second-order valence-electron chi connectivity index (χ2n) is 6.76. The van der Waals surface area contributed by atoms with Crippen molar-refractivity contribution in [1.82, 2.24) is 4.31 Å². The van der Waals surface area contributed by atoms with E-state index in [0.717, 1.165) is 4.90 Å². The summed E-state index contributed by atoms with van der Waals surface area (Å²) in [6, 6.07) is 13.6. The fraction of sp³-hybridized carbons (Fsp3) is 0.350. The minimum atomic E-state index is -3.49. The van der Waals surface area contributed by atoms with Crippen LogP contribution >= 0.6 is 0 Å². The number of hydrogen-bond donors (Lipinski definition) is 2. The van der Waals surface area contributed by atoms with Crippen molar-refractivity contribution in [3.05, 3.63) is 48.5 Å². The first-order valence-electron chi connectivity index (χ1n) is 9.34. The van der Waals surface area contributed by atoms with Crippen LogP contribution in [0, 0.1) is 0 Å². The predicted molar refractivity (Wildman–Crippen MR) is 109 cm³/mol. The molecule has 0 bridgehead atoms. The fourth-order valence-electron chi connectivity index (χ4n) is 3.29. The molecular formula is C20H26N3O5S+. The lowest BCUT2D eigenvalue weighted by Gasteiger charge is -2.31. The lowest BCUT2D eigenvalue weighted by atomic mass is 10.2. The minimum absolute atomic E-state index is 0.161. The number of sulfonamides is 1. The van der Waals surface area contributed by atoms with Crippen molar-refractivity contribution in [2.45, 2.75) is 4.90 Å². The molecule has 0 radical (unpaired) electrons. The molecule has 29 heavy (non-hydrogen) atoms. The highest BCUT2D eigenvalue weighted by atomic mass is 32.2. The zero-order chi connectivity index (χ0) is 20.9. The van der Waals surface area contributed by atoms with Gasteiger partial charge in [-0.2, -0.15) is 4.31 Å². The quantitative estimate of drug-likeness (QED) is 0.670. The smallest absolute Gasteiger partial charge is 0.279 e. The van der Waals surface area contributed by atoms with Crippen molar-refractivity contribution in [2.75, 3.05) is 52.3 Å². The molecule has 2 aromatic rings. The number of nitrogens with one attached hydrogen (secondary N) is 2. The van der Waals surface area contributed by atoms with E-state index in [2.05, 4.69) is 5.32 Å². The number of nitrogens with zero attached hydrogens (tertiary/aromatic N) is 1. The number of ether oxygens (including phenoxy) is 2. The van der Waals surface area contributed by atoms with Gasteiger partial charge in [-0.15, -0.1) is 0 Å². The summed E-state index contributed by atoms with van der Waals surface area (Å²) in [6.07, 6.45) is 0. The van der Waals surface area contributed by atoms with Gasteiger partial charge in [0.05, 0.1) is 51.0 Å². The van der Waals surface area contributed by atoms with Crippen molar-refractivity contribution in [3.8, 4) is 11.5 Å². The molecule has 9 heteroatoms. The number of amides is 1. The van der Waals surface area contributed by atoms with Crippen molar-refractivity contribution in [3.63, 3.8) is 0 Å². The van der Waals surface area contributed by atoms with Gasteiger partial charge in [0, 0.05) is 6.07 Å². The molecule has 0 saturated carbocycles. The van der Waals surface area contributed by atoms with E-state index in [-0.39, 0.29) is 12.5 Å². The minimum Gasteiger partial charge on any atom is -0.497 e. The van der Waals surface area contributed by atoms with Gasteiger partial charge in [-0.05, 0) is 24.3 Å². The molecular weight excluding hydrogens is 394 g/mol. The van der Waals surface area contributed by atoms with Crippen LogP contribution in [-0.4, -0.2) is 65.6 Å². The number of methoxy groups -OCH3 is 2. The third-order valence-electron chi connectivity index (χ3n) is 4.90. The first-order valence-corrected chi connectivity index (χ1v) is 10.8. The molecule has 1 aliphatic heterocycles. The first kappa shape index (κ1) is 21.1. The van der Waals surface area contributed by atoms with Gasteiger partial charge in [0.15, 0.2) is 6.54 Å². The molecule has 2 N–H and O–H groups in total. The first-order chi connectivity index (χ1) is 13.9. The standard InChI is InChI=1S/C20H25N3O5S/c1-27-16-8-9-19(28-2)18(14-16)21-20(24)15-22-10-12-23(13-11-22)29(25,26)17-6-4-3-5-7-17/h3-9,14H,10-13,15H2,1-2H3,(H,21,24)/p+1. The summed E-state index contributed by atoms with van der Waals surface area (Å²) < 4.78 is 37.4. The van der Waals surface area contributed by atoms with Crippen LogP contribution in [0.2, 0.25) is 0 Å². The van der Waals surface area contributed by atoms with Crippen molar-refractivity contribution in [2.24, 2.45) is 0 Å². The number of quaternary nitrogens is 1. The summed E-state index contributed by atoms with van der Waals surface area (Å²) in [5, 5.41) is 2.85. The average molecular weight is 421 g/mol. The maximum atomic E-state index is 12.7. The Balaban J connectivity index is 1.57. The van der Waals surface area contributed by atoms with E-state index in [1.54, 1.807) is 55.6 Å². The number of piperazine rings is 1. The number of carbonyl (C=O) groups is 1. The molecule has 1 aliphatic rings. The van der Waals surface area contributed by atoms with E-state index in [0.29, 0.717) is 48.3 Å². The van der Waals surface area contributed by atoms with Gasteiger partial charge in [-0.25, -0.2) is 8.42 Å².